The number of benzene rings is 1. The van der Waals surface area contributed by atoms with Gasteiger partial charge < -0.3 is 10.8 Å². The number of nitrogens with two attached hydrogens (primary N) is 1. The molecule has 5 nitrogen and oxygen atoms in total. The molecule has 0 spiro atoms. The first-order valence-corrected chi connectivity index (χ1v) is 3.75. The monoisotopic (exact) mass is 182 g/mol. The fourth-order valence-corrected chi connectivity index (χ4v) is 1.08. The van der Waals surface area contributed by atoms with E-state index in [1.54, 1.807) is 6.92 Å². The summed E-state index contributed by atoms with van der Waals surface area (Å²) in [5, 5.41) is 19.5. The predicted octanol–water partition coefficient (Wildman–Crippen LogP) is 1.32. The third-order valence-corrected chi connectivity index (χ3v) is 1.70. The number of hydrogen-bond acceptors (Lipinski definition) is 4. The zero-order valence-corrected chi connectivity index (χ0v) is 7.10. The van der Waals surface area contributed by atoms with Crippen molar-refractivity contribution in [3.8, 4) is 5.75 Å². The zero-order valence-electron chi connectivity index (χ0n) is 7.10. The SMILES string of the molecule is CC(N)c1ccc(O)cc1[N+](=O)[O-]. The van der Waals surface area contributed by atoms with E-state index in [4.69, 9.17) is 10.8 Å². The Kier molecular flexibility index (Phi) is 2.48. The molecule has 0 fully saturated rings. The maximum absolute atomic E-state index is 10.5. The van der Waals surface area contributed by atoms with E-state index < -0.39 is 11.0 Å². The van der Waals surface area contributed by atoms with Crippen LogP contribution in [0.1, 0.15) is 18.5 Å². The Morgan fingerprint density at radius 3 is 2.69 bits per heavy atom. The number of nitro benzene ring substituents is 1. The molecular formula is C8H10N2O3. The molecular weight excluding hydrogens is 172 g/mol. The van der Waals surface area contributed by atoms with Gasteiger partial charge in [0.1, 0.15) is 5.75 Å². The first-order chi connectivity index (χ1) is 6.02. The summed E-state index contributed by atoms with van der Waals surface area (Å²) in [6.45, 7) is 1.65. The quantitative estimate of drug-likeness (QED) is 0.533. The molecule has 0 saturated heterocycles. The normalized spacial score (nSPS) is 12.5. The second-order valence-electron chi connectivity index (χ2n) is 2.79. The fourth-order valence-electron chi connectivity index (χ4n) is 1.08. The van der Waals surface area contributed by atoms with Crippen LogP contribution in [0.3, 0.4) is 0 Å². The third-order valence-electron chi connectivity index (χ3n) is 1.70. The van der Waals surface area contributed by atoms with E-state index >= 15 is 0 Å². The highest BCUT2D eigenvalue weighted by Gasteiger charge is 2.16. The van der Waals surface area contributed by atoms with Gasteiger partial charge in [0.05, 0.1) is 11.0 Å². The fraction of sp³-hybridized carbons (Fsp3) is 0.250. The summed E-state index contributed by atoms with van der Waals surface area (Å²) in [6.07, 6.45) is 0. The molecule has 0 aliphatic carbocycles. The molecule has 0 bridgehead atoms. The Balaban J connectivity index is 3.27. The molecule has 1 unspecified atom stereocenters. The van der Waals surface area contributed by atoms with E-state index in [1.165, 1.54) is 12.1 Å². The van der Waals surface area contributed by atoms with Gasteiger partial charge in [0.2, 0.25) is 0 Å². The molecule has 0 heterocycles. The molecule has 3 N–H and O–H groups in total. The van der Waals surface area contributed by atoms with Gasteiger partial charge >= 0.3 is 0 Å². The number of nitrogens with zero attached hydrogens (tertiary/aromatic N) is 1. The van der Waals surface area contributed by atoms with E-state index in [0.717, 1.165) is 6.07 Å². The van der Waals surface area contributed by atoms with Crippen molar-refractivity contribution in [1.82, 2.24) is 0 Å². The van der Waals surface area contributed by atoms with Crippen LogP contribution >= 0.6 is 0 Å². The minimum atomic E-state index is -0.557. The van der Waals surface area contributed by atoms with Crippen LogP contribution in [0, 0.1) is 10.1 Å². The number of phenols is 1. The number of nitro groups is 1. The van der Waals surface area contributed by atoms with Gasteiger partial charge in [-0.05, 0) is 19.1 Å². The topological polar surface area (TPSA) is 89.4 Å². The molecule has 0 aliphatic rings. The minimum Gasteiger partial charge on any atom is -0.508 e. The van der Waals surface area contributed by atoms with Crippen LogP contribution in [0.2, 0.25) is 0 Å². The van der Waals surface area contributed by atoms with Crippen molar-refractivity contribution < 1.29 is 10.0 Å². The Morgan fingerprint density at radius 1 is 1.62 bits per heavy atom. The molecule has 0 saturated carbocycles. The van der Waals surface area contributed by atoms with Gasteiger partial charge in [-0.3, -0.25) is 10.1 Å². The maximum atomic E-state index is 10.5. The van der Waals surface area contributed by atoms with Crippen LogP contribution in [0.4, 0.5) is 5.69 Å². The van der Waals surface area contributed by atoms with Crippen molar-refractivity contribution in [3.05, 3.63) is 33.9 Å². The van der Waals surface area contributed by atoms with Crippen molar-refractivity contribution in [2.24, 2.45) is 5.73 Å². The maximum Gasteiger partial charge on any atom is 0.277 e. The lowest BCUT2D eigenvalue weighted by atomic mass is 10.1. The molecule has 13 heavy (non-hydrogen) atoms. The molecule has 1 atom stereocenters. The third kappa shape index (κ3) is 1.94. The average Bonchev–Trinajstić information content (AvgIpc) is 2.03. The first-order valence-electron chi connectivity index (χ1n) is 3.75. The predicted molar refractivity (Wildman–Crippen MR) is 47.4 cm³/mol. The van der Waals surface area contributed by atoms with Crippen LogP contribution < -0.4 is 5.73 Å². The highest BCUT2D eigenvalue weighted by Crippen LogP contribution is 2.27. The van der Waals surface area contributed by atoms with Gasteiger partial charge in [-0.1, -0.05) is 0 Å². The summed E-state index contributed by atoms with van der Waals surface area (Å²) in [5.41, 5.74) is 5.79. The summed E-state index contributed by atoms with van der Waals surface area (Å²) in [7, 11) is 0. The number of hydrogen-bond donors (Lipinski definition) is 2. The Bertz CT molecular complexity index is 336. The van der Waals surface area contributed by atoms with Crippen LogP contribution in [0.5, 0.6) is 5.75 Å². The number of phenolic OH excluding ortho intramolecular Hbond substituents is 1. The zero-order chi connectivity index (χ0) is 10.0. The standard InChI is InChI=1S/C8H10N2O3/c1-5(9)7-3-2-6(11)4-8(7)10(12)13/h2-5,11H,9H2,1H3. The molecule has 0 aliphatic heterocycles. The van der Waals surface area contributed by atoms with Crippen LogP contribution in [-0.4, -0.2) is 10.0 Å². The van der Waals surface area contributed by atoms with E-state index in [9.17, 15) is 10.1 Å². The van der Waals surface area contributed by atoms with Crippen molar-refractivity contribution in [3.63, 3.8) is 0 Å². The van der Waals surface area contributed by atoms with Crippen LogP contribution in [-0.2, 0) is 0 Å². The summed E-state index contributed by atoms with van der Waals surface area (Å²) < 4.78 is 0. The van der Waals surface area contributed by atoms with Crippen LogP contribution in [0.25, 0.3) is 0 Å². The molecule has 0 aromatic heterocycles. The smallest absolute Gasteiger partial charge is 0.277 e. The van der Waals surface area contributed by atoms with E-state index in [0.29, 0.717) is 5.56 Å². The van der Waals surface area contributed by atoms with E-state index in [-0.39, 0.29) is 11.4 Å². The van der Waals surface area contributed by atoms with Gasteiger partial charge in [-0.15, -0.1) is 0 Å². The average molecular weight is 182 g/mol. The minimum absolute atomic E-state index is 0.129. The van der Waals surface area contributed by atoms with Crippen molar-refractivity contribution in [1.29, 1.82) is 0 Å². The van der Waals surface area contributed by atoms with Gasteiger partial charge in [0.15, 0.2) is 0 Å². The lowest BCUT2D eigenvalue weighted by molar-refractivity contribution is -0.385. The summed E-state index contributed by atoms with van der Waals surface area (Å²) in [4.78, 5) is 9.96. The Hall–Kier alpha value is -1.62. The molecule has 1 aromatic carbocycles. The second-order valence-corrected chi connectivity index (χ2v) is 2.79. The number of rotatable bonds is 2. The largest absolute Gasteiger partial charge is 0.508 e. The van der Waals surface area contributed by atoms with Crippen LogP contribution in [0.15, 0.2) is 18.2 Å². The lowest BCUT2D eigenvalue weighted by Crippen LogP contribution is -2.07. The van der Waals surface area contributed by atoms with E-state index in [2.05, 4.69) is 0 Å². The summed E-state index contributed by atoms with van der Waals surface area (Å²) in [6, 6.07) is 3.52. The lowest BCUT2D eigenvalue weighted by Gasteiger charge is -2.05. The van der Waals surface area contributed by atoms with Gasteiger partial charge in [0.25, 0.3) is 5.69 Å². The van der Waals surface area contributed by atoms with Crippen molar-refractivity contribution in [2.75, 3.05) is 0 Å². The first kappa shape index (κ1) is 9.47. The molecule has 0 radical (unpaired) electrons. The molecule has 0 amide bonds. The summed E-state index contributed by atoms with van der Waals surface area (Å²) in [5.74, 6) is -0.129. The molecule has 1 aromatic rings. The van der Waals surface area contributed by atoms with Gasteiger partial charge in [-0.2, -0.15) is 0 Å². The highest BCUT2D eigenvalue weighted by atomic mass is 16.6. The second kappa shape index (κ2) is 3.40. The summed E-state index contributed by atoms with van der Waals surface area (Å²) >= 11 is 0. The van der Waals surface area contributed by atoms with Gasteiger partial charge in [0, 0.05) is 11.6 Å². The Labute approximate surface area is 74.9 Å². The van der Waals surface area contributed by atoms with Crippen molar-refractivity contribution >= 4 is 5.69 Å². The Morgan fingerprint density at radius 2 is 2.23 bits per heavy atom. The van der Waals surface area contributed by atoms with Gasteiger partial charge in [-0.25, -0.2) is 0 Å². The highest BCUT2D eigenvalue weighted by molar-refractivity contribution is 5.46. The molecule has 5 heteroatoms. The van der Waals surface area contributed by atoms with E-state index in [1.807, 2.05) is 0 Å². The number of aromatic hydroxyl groups is 1. The van der Waals surface area contributed by atoms with Crippen molar-refractivity contribution in [2.45, 2.75) is 13.0 Å². The molecule has 1 rings (SSSR count). The molecule has 70 valence electrons.